The molecule has 2 aromatic carbocycles. The fourth-order valence-corrected chi connectivity index (χ4v) is 3.24. The monoisotopic (exact) mass is 406 g/mol. The number of benzene rings is 2. The summed E-state index contributed by atoms with van der Waals surface area (Å²) in [4.78, 5) is 24.4. The summed E-state index contributed by atoms with van der Waals surface area (Å²) in [5.74, 6) is -0.954. The third-order valence-corrected chi connectivity index (χ3v) is 5.73. The van der Waals surface area contributed by atoms with Gasteiger partial charge in [-0.15, -0.1) is 0 Å². The van der Waals surface area contributed by atoms with Gasteiger partial charge in [-0.2, -0.15) is 0 Å². The third-order valence-electron chi connectivity index (χ3n) is 3.92. The van der Waals surface area contributed by atoms with Crippen LogP contribution < -0.4 is 10.1 Å². The van der Waals surface area contributed by atoms with Crippen molar-refractivity contribution in [1.29, 1.82) is 0 Å². The van der Waals surface area contributed by atoms with E-state index in [1.54, 1.807) is 31.2 Å². The van der Waals surface area contributed by atoms with Gasteiger partial charge in [0.15, 0.2) is 6.61 Å². The van der Waals surface area contributed by atoms with Crippen LogP contribution in [0.4, 0.5) is 5.69 Å². The molecule has 0 saturated carbocycles. The minimum Gasteiger partial charge on any atom is -0.496 e. The molecule has 1 N–H and O–H groups in total. The first-order valence-electron chi connectivity index (χ1n) is 8.30. The molecule has 0 aliphatic carbocycles. The van der Waals surface area contributed by atoms with Crippen LogP contribution in [0.15, 0.2) is 47.4 Å². The van der Waals surface area contributed by atoms with Crippen molar-refractivity contribution in [2.24, 2.45) is 0 Å². The molecule has 8 nitrogen and oxygen atoms in total. The molecule has 0 bridgehead atoms. The van der Waals surface area contributed by atoms with E-state index >= 15 is 0 Å². The summed E-state index contributed by atoms with van der Waals surface area (Å²) >= 11 is 0. The second kappa shape index (κ2) is 8.85. The molecule has 0 heterocycles. The maximum absolute atomic E-state index is 12.2. The number of anilines is 1. The molecule has 0 fully saturated rings. The molecular formula is C19H22N2O6S. The molecule has 2 aromatic rings. The van der Waals surface area contributed by atoms with E-state index in [0.29, 0.717) is 17.0 Å². The molecule has 0 aromatic heterocycles. The Hall–Kier alpha value is -2.91. The molecule has 0 spiro atoms. The molecule has 0 aliphatic heterocycles. The molecular weight excluding hydrogens is 384 g/mol. The number of amides is 1. The molecule has 28 heavy (non-hydrogen) atoms. The van der Waals surface area contributed by atoms with Crippen molar-refractivity contribution in [2.45, 2.75) is 11.8 Å². The maximum atomic E-state index is 12.2. The fourth-order valence-electron chi connectivity index (χ4n) is 2.32. The standard InChI is InChI=1S/C19H22N2O6S/c1-13-9-10-14(28(24,25)21(2)3)11-16(13)20-18(22)12-27-19(23)15-7-5-6-8-17(15)26-4/h5-11H,12H2,1-4H3,(H,20,22). The number of esters is 1. The van der Waals surface area contributed by atoms with Crippen molar-refractivity contribution in [3.05, 3.63) is 53.6 Å². The highest BCUT2D eigenvalue weighted by Gasteiger charge is 2.19. The smallest absolute Gasteiger partial charge is 0.342 e. The highest BCUT2D eigenvalue weighted by atomic mass is 32.2. The number of rotatable bonds is 7. The number of ether oxygens (including phenoxy) is 2. The minimum absolute atomic E-state index is 0.0458. The van der Waals surface area contributed by atoms with E-state index in [1.807, 2.05) is 0 Å². The average molecular weight is 406 g/mol. The summed E-state index contributed by atoms with van der Waals surface area (Å²) in [6.07, 6.45) is 0. The van der Waals surface area contributed by atoms with Crippen LogP contribution in [-0.4, -0.2) is 52.4 Å². The van der Waals surface area contributed by atoms with E-state index in [4.69, 9.17) is 9.47 Å². The number of aryl methyl sites for hydroxylation is 1. The van der Waals surface area contributed by atoms with Crippen LogP contribution >= 0.6 is 0 Å². The second-order valence-electron chi connectivity index (χ2n) is 6.09. The minimum atomic E-state index is -3.64. The van der Waals surface area contributed by atoms with Gasteiger partial charge in [-0.1, -0.05) is 18.2 Å². The van der Waals surface area contributed by atoms with E-state index in [1.165, 1.54) is 39.4 Å². The molecule has 9 heteroatoms. The molecule has 0 unspecified atom stereocenters. The van der Waals surface area contributed by atoms with E-state index in [-0.39, 0.29) is 10.5 Å². The quantitative estimate of drug-likeness (QED) is 0.706. The number of hydrogen-bond donors (Lipinski definition) is 1. The molecule has 0 aliphatic rings. The normalized spacial score (nSPS) is 11.2. The van der Waals surface area contributed by atoms with Gasteiger partial charge in [-0.25, -0.2) is 17.5 Å². The summed E-state index contributed by atoms with van der Waals surface area (Å²) in [5.41, 5.74) is 1.19. The Balaban J connectivity index is 2.08. The topological polar surface area (TPSA) is 102 Å². The molecule has 0 saturated heterocycles. The van der Waals surface area contributed by atoms with Crippen molar-refractivity contribution >= 4 is 27.6 Å². The van der Waals surface area contributed by atoms with Gasteiger partial charge in [0.05, 0.1) is 12.0 Å². The van der Waals surface area contributed by atoms with Crippen LogP contribution in [0.25, 0.3) is 0 Å². The largest absolute Gasteiger partial charge is 0.496 e. The highest BCUT2D eigenvalue weighted by molar-refractivity contribution is 7.89. The van der Waals surface area contributed by atoms with Crippen molar-refractivity contribution in [3.63, 3.8) is 0 Å². The van der Waals surface area contributed by atoms with E-state index < -0.39 is 28.5 Å². The van der Waals surface area contributed by atoms with Crippen LogP contribution in [0.3, 0.4) is 0 Å². The van der Waals surface area contributed by atoms with Gasteiger partial charge in [0.25, 0.3) is 5.91 Å². The van der Waals surface area contributed by atoms with Crippen LogP contribution in [-0.2, 0) is 19.6 Å². The maximum Gasteiger partial charge on any atom is 0.342 e. The summed E-state index contributed by atoms with van der Waals surface area (Å²) in [6.45, 7) is 1.20. The molecule has 0 radical (unpaired) electrons. The summed E-state index contributed by atoms with van der Waals surface area (Å²) in [5, 5.41) is 2.57. The number of hydrogen-bond acceptors (Lipinski definition) is 6. The summed E-state index contributed by atoms with van der Waals surface area (Å²) in [7, 11) is 0.631. The van der Waals surface area contributed by atoms with E-state index in [9.17, 15) is 18.0 Å². The van der Waals surface area contributed by atoms with E-state index in [2.05, 4.69) is 5.32 Å². The third kappa shape index (κ3) is 4.87. The number of methoxy groups -OCH3 is 1. The lowest BCUT2D eigenvalue weighted by Crippen LogP contribution is -2.24. The van der Waals surface area contributed by atoms with Crippen LogP contribution in [0, 0.1) is 6.92 Å². The Labute approximate surface area is 164 Å². The molecule has 1 amide bonds. The lowest BCUT2D eigenvalue weighted by Gasteiger charge is -2.14. The fraction of sp³-hybridized carbons (Fsp3) is 0.263. The van der Waals surface area contributed by atoms with Gasteiger partial charge in [-0.3, -0.25) is 4.79 Å². The van der Waals surface area contributed by atoms with Crippen molar-refractivity contribution in [1.82, 2.24) is 4.31 Å². The summed E-state index contributed by atoms with van der Waals surface area (Å²) < 4.78 is 35.7. The van der Waals surface area contributed by atoms with Gasteiger partial charge in [0.2, 0.25) is 10.0 Å². The predicted molar refractivity (Wildman–Crippen MR) is 104 cm³/mol. The first kappa shape index (κ1) is 21.4. The number of carbonyl (C=O) groups excluding carboxylic acids is 2. The lowest BCUT2D eigenvalue weighted by molar-refractivity contribution is -0.119. The molecule has 2 rings (SSSR count). The zero-order chi connectivity index (χ0) is 20.9. The number of nitrogens with zero attached hydrogens (tertiary/aromatic N) is 1. The number of para-hydroxylation sites is 1. The Kier molecular flexibility index (Phi) is 6.76. The van der Waals surface area contributed by atoms with Gasteiger partial charge in [0.1, 0.15) is 11.3 Å². The van der Waals surface area contributed by atoms with Gasteiger partial charge >= 0.3 is 5.97 Å². The number of carbonyl (C=O) groups is 2. The first-order valence-corrected chi connectivity index (χ1v) is 9.74. The summed E-state index contributed by atoms with van der Waals surface area (Å²) in [6, 6.07) is 10.9. The van der Waals surface area contributed by atoms with Crippen LogP contribution in [0.1, 0.15) is 15.9 Å². The zero-order valence-electron chi connectivity index (χ0n) is 16.1. The van der Waals surface area contributed by atoms with Crippen LogP contribution in [0.5, 0.6) is 5.75 Å². The molecule has 150 valence electrons. The Bertz CT molecular complexity index is 986. The van der Waals surface area contributed by atoms with Gasteiger partial charge in [0, 0.05) is 19.8 Å². The van der Waals surface area contributed by atoms with Crippen molar-refractivity contribution < 1.29 is 27.5 Å². The van der Waals surface area contributed by atoms with Crippen molar-refractivity contribution in [2.75, 3.05) is 33.1 Å². The van der Waals surface area contributed by atoms with Crippen LogP contribution in [0.2, 0.25) is 0 Å². The molecule has 0 atom stereocenters. The highest BCUT2D eigenvalue weighted by Crippen LogP contribution is 2.22. The number of sulfonamides is 1. The Morgan fingerprint density at radius 3 is 2.43 bits per heavy atom. The average Bonchev–Trinajstić information content (AvgIpc) is 2.67. The Morgan fingerprint density at radius 1 is 1.11 bits per heavy atom. The zero-order valence-corrected chi connectivity index (χ0v) is 16.9. The van der Waals surface area contributed by atoms with Crippen molar-refractivity contribution in [3.8, 4) is 5.75 Å². The Morgan fingerprint density at radius 2 is 1.79 bits per heavy atom. The number of nitrogens with one attached hydrogen (secondary N) is 1. The first-order chi connectivity index (χ1) is 13.2. The van der Waals surface area contributed by atoms with E-state index in [0.717, 1.165) is 4.31 Å². The second-order valence-corrected chi connectivity index (χ2v) is 8.24. The SMILES string of the molecule is COc1ccccc1C(=O)OCC(=O)Nc1cc(S(=O)(=O)N(C)C)ccc1C. The van der Waals surface area contributed by atoms with Gasteiger partial charge < -0.3 is 14.8 Å². The predicted octanol–water partition coefficient (Wildman–Crippen LogP) is 2.05. The van der Waals surface area contributed by atoms with Gasteiger partial charge in [-0.05, 0) is 36.8 Å². The lowest BCUT2D eigenvalue weighted by atomic mass is 10.2.